The summed E-state index contributed by atoms with van der Waals surface area (Å²) in [4.78, 5) is 15.3. The van der Waals surface area contributed by atoms with Crippen molar-refractivity contribution in [2.75, 3.05) is 7.11 Å². The average molecular weight is 540 g/mol. The first kappa shape index (κ1) is 26.6. The zero-order valence-electron chi connectivity index (χ0n) is 22.1. The second-order valence-electron chi connectivity index (χ2n) is 9.16. The van der Waals surface area contributed by atoms with Crippen LogP contribution in [0.4, 0.5) is 8.78 Å². The van der Waals surface area contributed by atoms with E-state index in [9.17, 15) is 13.6 Å². The normalized spacial score (nSPS) is 10.8. The zero-order chi connectivity index (χ0) is 28.1. The fraction of sp³-hybridized carbons (Fsp3) is 0.125. The molecule has 1 heterocycles. The van der Waals surface area contributed by atoms with Crippen LogP contribution in [-0.2, 0) is 13.1 Å². The summed E-state index contributed by atoms with van der Waals surface area (Å²) < 4.78 is 40.9. The highest BCUT2D eigenvalue weighted by molar-refractivity contribution is 5.94. The minimum atomic E-state index is -0.436. The molecule has 0 aliphatic rings. The van der Waals surface area contributed by atoms with E-state index in [4.69, 9.17) is 14.6 Å². The molecule has 8 heteroatoms. The van der Waals surface area contributed by atoms with Crippen molar-refractivity contribution in [3.8, 4) is 23.1 Å². The van der Waals surface area contributed by atoms with Gasteiger partial charge in [0, 0.05) is 12.1 Å². The van der Waals surface area contributed by atoms with E-state index >= 15 is 0 Å². The number of carbonyl (C=O) groups excluding carboxylic acids is 1. The maximum absolute atomic E-state index is 13.7. The molecule has 0 saturated carbocycles. The van der Waals surface area contributed by atoms with Crippen molar-refractivity contribution in [1.29, 1.82) is 0 Å². The number of benzene rings is 4. The van der Waals surface area contributed by atoms with Gasteiger partial charge in [-0.2, -0.15) is 5.10 Å². The Hall–Kier alpha value is -4.98. The molecule has 0 aliphatic carbocycles. The Balaban J connectivity index is 1.59. The maximum Gasteiger partial charge on any atom is 0.254 e. The average Bonchev–Trinajstić information content (AvgIpc) is 3.28. The summed E-state index contributed by atoms with van der Waals surface area (Å²) in [5.74, 6) is 0.320. The molecule has 4 aromatic carbocycles. The van der Waals surface area contributed by atoms with Crippen LogP contribution in [0.2, 0.25) is 0 Å². The number of carbonyl (C=O) groups is 1. The summed E-state index contributed by atoms with van der Waals surface area (Å²) in [6.07, 6.45) is 0. The van der Waals surface area contributed by atoms with Gasteiger partial charge >= 0.3 is 0 Å². The van der Waals surface area contributed by atoms with E-state index in [0.717, 1.165) is 11.3 Å². The van der Waals surface area contributed by atoms with Gasteiger partial charge in [0.05, 0.1) is 30.6 Å². The number of amides is 1. The summed E-state index contributed by atoms with van der Waals surface area (Å²) in [5, 5.41) is 4.76. The maximum atomic E-state index is 13.7. The number of ether oxygens (including phenoxy) is 2. The largest absolute Gasteiger partial charge is 0.493 e. The van der Waals surface area contributed by atoms with Crippen LogP contribution in [0.1, 0.15) is 27.2 Å². The molecule has 0 fully saturated rings. The monoisotopic (exact) mass is 539 g/mol. The van der Waals surface area contributed by atoms with E-state index in [-0.39, 0.29) is 24.8 Å². The lowest BCUT2D eigenvalue weighted by atomic mass is 10.1. The number of hydrogen-bond donors (Lipinski definition) is 0. The van der Waals surface area contributed by atoms with Crippen LogP contribution < -0.4 is 9.47 Å². The highest BCUT2D eigenvalue weighted by atomic mass is 19.1. The predicted octanol–water partition coefficient (Wildman–Crippen LogP) is 7.10. The Bertz CT molecular complexity index is 1600. The summed E-state index contributed by atoms with van der Waals surface area (Å²) in [5.41, 5.74) is 3.16. The molecule has 0 spiro atoms. The second kappa shape index (κ2) is 11.8. The van der Waals surface area contributed by atoms with E-state index < -0.39 is 5.82 Å². The fourth-order valence-corrected chi connectivity index (χ4v) is 4.35. The summed E-state index contributed by atoms with van der Waals surface area (Å²) in [6, 6.07) is 28.2. The lowest BCUT2D eigenvalue weighted by molar-refractivity contribution is 0.0728. The van der Waals surface area contributed by atoms with Crippen LogP contribution in [0.5, 0.6) is 17.4 Å². The van der Waals surface area contributed by atoms with Gasteiger partial charge in [0.25, 0.3) is 5.91 Å². The van der Waals surface area contributed by atoms with Gasteiger partial charge in [0.15, 0.2) is 11.5 Å². The number of halogens is 2. The number of hydrogen-bond acceptors (Lipinski definition) is 4. The van der Waals surface area contributed by atoms with Gasteiger partial charge in [0.1, 0.15) is 11.6 Å². The van der Waals surface area contributed by atoms with Crippen LogP contribution in [-0.4, -0.2) is 27.7 Å². The Kier molecular flexibility index (Phi) is 7.87. The second-order valence-corrected chi connectivity index (χ2v) is 9.16. The third kappa shape index (κ3) is 5.86. The van der Waals surface area contributed by atoms with Gasteiger partial charge in [-0.1, -0.05) is 42.5 Å². The number of aryl methyl sites for hydroxylation is 1. The van der Waals surface area contributed by atoms with Gasteiger partial charge in [-0.05, 0) is 73.2 Å². The van der Waals surface area contributed by atoms with Gasteiger partial charge < -0.3 is 14.4 Å². The van der Waals surface area contributed by atoms with Crippen molar-refractivity contribution in [3.05, 3.63) is 137 Å². The first-order valence-electron chi connectivity index (χ1n) is 12.7. The van der Waals surface area contributed by atoms with Crippen LogP contribution in [0.15, 0.2) is 103 Å². The Morgan fingerprint density at radius 1 is 0.800 bits per heavy atom. The minimum absolute atomic E-state index is 0.122. The molecule has 0 unspecified atom stereocenters. The van der Waals surface area contributed by atoms with Gasteiger partial charge in [0.2, 0.25) is 5.88 Å². The predicted molar refractivity (Wildman–Crippen MR) is 148 cm³/mol. The van der Waals surface area contributed by atoms with Crippen LogP contribution in [0.3, 0.4) is 0 Å². The lowest BCUT2D eigenvalue weighted by Crippen LogP contribution is -2.30. The molecule has 1 aromatic heterocycles. The SMILES string of the molecule is COc1ccccc1Oc1c(CN(Cc2ccc(F)cc2)C(=O)c2ccc(F)cc2)c(C)nn1-c1ccccc1. The quantitative estimate of drug-likeness (QED) is 0.200. The zero-order valence-corrected chi connectivity index (χ0v) is 22.1. The Morgan fingerprint density at radius 3 is 2.05 bits per heavy atom. The van der Waals surface area contributed by atoms with Crippen molar-refractivity contribution in [2.24, 2.45) is 0 Å². The van der Waals surface area contributed by atoms with Crippen molar-refractivity contribution in [1.82, 2.24) is 14.7 Å². The lowest BCUT2D eigenvalue weighted by Gasteiger charge is -2.24. The minimum Gasteiger partial charge on any atom is -0.493 e. The molecule has 1 amide bonds. The van der Waals surface area contributed by atoms with Crippen molar-refractivity contribution in [2.45, 2.75) is 20.0 Å². The number of nitrogens with zero attached hydrogens (tertiary/aromatic N) is 3. The molecule has 5 aromatic rings. The van der Waals surface area contributed by atoms with Crippen LogP contribution >= 0.6 is 0 Å². The molecule has 40 heavy (non-hydrogen) atoms. The van der Waals surface area contributed by atoms with Gasteiger partial charge in [-0.25, -0.2) is 13.5 Å². The van der Waals surface area contributed by atoms with Gasteiger partial charge in [-0.15, -0.1) is 0 Å². The standard InChI is InChI=1S/C32H27F2N3O3/c1-22-28(21-36(20-23-12-16-25(33)17-13-23)31(38)24-14-18-26(34)19-15-24)32(37(35-22)27-8-4-3-5-9-27)40-30-11-7-6-10-29(30)39-2/h3-19H,20-21H2,1-2H3. The molecule has 0 radical (unpaired) electrons. The molecule has 6 nitrogen and oxygen atoms in total. The van der Waals surface area contributed by atoms with E-state index in [1.54, 1.807) is 41.0 Å². The van der Waals surface area contributed by atoms with Crippen molar-refractivity contribution >= 4 is 5.91 Å². The van der Waals surface area contributed by atoms with Crippen molar-refractivity contribution < 1.29 is 23.0 Å². The summed E-state index contributed by atoms with van der Waals surface area (Å²) >= 11 is 0. The summed E-state index contributed by atoms with van der Waals surface area (Å²) in [6.45, 7) is 2.15. The molecular formula is C32H27F2N3O3. The number of para-hydroxylation sites is 3. The third-order valence-electron chi connectivity index (χ3n) is 6.43. The Morgan fingerprint density at radius 2 is 1.40 bits per heavy atom. The highest BCUT2D eigenvalue weighted by Crippen LogP contribution is 2.36. The van der Waals surface area contributed by atoms with E-state index in [0.29, 0.717) is 34.2 Å². The molecule has 5 rings (SSSR count). The molecule has 202 valence electrons. The molecule has 0 saturated heterocycles. The highest BCUT2D eigenvalue weighted by Gasteiger charge is 2.25. The van der Waals surface area contributed by atoms with E-state index in [1.807, 2.05) is 49.4 Å². The third-order valence-corrected chi connectivity index (χ3v) is 6.43. The van der Waals surface area contributed by atoms with E-state index in [2.05, 4.69) is 0 Å². The van der Waals surface area contributed by atoms with Gasteiger partial charge in [-0.3, -0.25) is 4.79 Å². The Labute approximate surface area is 231 Å². The molecule has 0 aliphatic heterocycles. The molecular weight excluding hydrogens is 512 g/mol. The number of methoxy groups -OCH3 is 1. The number of rotatable bonds is 9. The van der Waals surface area contributed by atoms with Crippen LogP contribution in [0.25, 0.3) is 5.69 Å². The fourth-order valence-electron chi connectivity index (χ4n) is 4.35. The van der Waals surface area contributed by atoms with E-state index in [1.165, 1.54) is 36.4 Å². The topological polar surface area (TPSA) is 56.6 Å². The smallest absolute Gasteiger partial charge is 0.254 e. The first-order chi connectivity index (χ1) is 19.4. The van der Waals surface area contributed by atoms with Crippen LogP contribution in [0, 0.1) is 18.6 Å². The van der Waals surface area contributed by atoms with Crippen molar-refractivity contribution in [3.63, 3.8) is 0 Å². The first-order valence-corrected chi connectivity index (χ1v) is 12.7. The number of aromatic nitrogens is 2. The molecule has 0 atom stereocenters. The molecule has 0 bridgehead atoms. The molecule has 0 N–H and O–H groups in total. The summed E-state index contributed by atoms with van der Waals surface area (Å²) in [7, 11) is 1.56.